The van der Waals surface area contributed by atoms with Gasteiger partial charge in [0, 0.05) is 18.2 Å². The maximum absolute atomic E-state index is 13.2. The third-order valence-corrected chi connectivity index (χ3v) is 6.38. The molecule has 1 aliphatic heterocycles. The standard InChI is InChI=1S/C28H26N2O7/c1-17-8-11-19(12-9-17)26(31)24-25(20-6-4-5-7-21(20)30(34)35)29(28(33)27(24)32)15-14-18-10-13-22(36-2)23(16-18)37-3/h4-13,16,25,31H,14-15H2,1-3H3/b26-24-. The number of nitro benzene ring substituents is 1. The lowest BCUT2D eigenvalue weighted by Crippen LogP contribution is -2.32. The van der Waals surface area contributed by atoms with Crippen LogP contribution in [0.25, 0.3) is 5.76 Å². The van der Waals surface area contributed by atoms with Gasteiger partial charge in [-0.1, -0.05) is 48.0 Å². The maximum atomic E-state index is 13.2. The van der Waals surface area contributed by atoms with Crippen LogP contribution in [0, 0.1) is 17.0 Å². The van der Waals surface area contributed by atoms with Gasteiger partial charge in [-0.25, -0.2) is 0 Å². The number of amides is 1. The van der Waals surface area contributed by atoms with Gasteiger partial charge in [-0.15, -0.1) is 0 Å². The van der Waals surface area contributed by atoms with Crippen molar-refractivity contribution in [1.82, 2.24) is 4.90 Å². The van der Waals surface area contributed by atoms with Gasteiger partial charge in [0.05, 0.1) is 36.3 Å². The van der Waals surface area contributed by atoms with E-state index in [9.17, 15) is 24.8 Å². The zero-order chi connectivity index (χ0) is 26.7. The topological polar surface area (TPSA) is 119 Å². The van der Waals surface area contributed by atoms with Crippen molar-refractivity contribution in [3.8, 4) is 11.5 Å². The Kier molecular flexibility index (Phi) is 7.24. The Bertz CT molecular complexity index is 1400. The molecule has 1 N–H and O–H groups in total. The van der Waals surface area contributed by atoms with Crippen LogP contribution in [-0.2, 0) is 16.0 Å². The van der Waals surface area contributed by atoms with Crippen LogP contribution in [0.2, 0.25) is 0 Å². The third-order valence-electron chi connectivity index (χ3n) is 6.38. The van der Waals surface area contributed by atoms with Crippen molar-refractivity contribution in [1.29, 1.82) is 0 Å². The van der Waals surface area contributed by atoms with Crippen molar-refractivity contribution in [2.24, 2.45) is 0 Å². The number of rotatable bonds is 8. The van der Waals surface area contributed by atoms with Crippen molar-refractivity contribution < 1.29 is 29.1 Å². The monoisotopic (exact) mass is 502 g/mol. The van der Waals surface area contributed by atoms with Crippen LogP contribution in [0.15, 0.2) is 72.3 Å². The molecule has 1 atom stereocenters. The average molecular weight is 503 g/mol. The van der Waals surface area contributed by atoms with Gasteiger partial charge in [0.1, 0.15) is 5.76 Å². The van der Waals surface area contributed by atoms with Crippen LogP contribution in [0.3, 0.4) is 0 Å². The molecular weight excluding hydrogens is 476 g/mol. The van der Waals surface area contributed by atoms with Gasteiger partial charge < -0.3 is 19.5 Å². The molecule has 3 aromatic rings. The second-order valence-corrected chi connectivity index (χ2v) is 8.61. The molecule has 1 saturated heterocycles. The largest absolute Gasteiger partial charge is 0.507 e. The number of nitrogens with zero attached hydrogens (tertiary/aromatic N) is 2. The van der Waals surface area contributed by atoms with E-state index in [4.69, 9.17) is 9.47 Å². The van der Waals surface area contributed by atoms with Gasteiger partial charge in [0.2, 0.25) is 0 Å². The Morgan fingerprint density at radius 3 is 2.32 bits per heavy atom. The molecule has 9 nitrogen and oxygen atoms in total. The number of methoxy groups -OCH3 is 2. The summed E-state index contributed by atoms with van der Waals surface area (Å²) in [7, 11) is 3.04. The van der Waals surface area contributed by atoms with Crippen LogP contribution in [0.5, 0.6) is 11.5 Å². The lowest BCUT2D eigenvalue weighted by Gasteiger charge is -2.25. The number of ketones is 1. The van der Waals surface area contributed by atoms with E-state index in [0.717, 1.165) is 11.1 Å². The number of para-hydroxylation sites is 1. The quantitative estimate of drug-likeness (QED) is 0.157. The van der Waals surface area contributed by atoms with Crippen molar-refractivity contribution in [2.45, 2.75) is 19.4 Å². The summed E-state index contributed by atoms with van der Waals surface area (Å²) in [5.41, 5.74) is 1.80. The van der Waals surface area contributed by atoms with Crippen LogP contribution >= 0.6 is 0 Å². The number of likely N-dealkylation sites (tertiary alicyclic amines) is 1. The van der Waals surface area contributed by atoms with E-state index in [0.29, 0.717) is 23.5 Å². The molecule has 0 radical (unpaired) electrons. The lowest BCUT2D eigenvalue weighted by molar-refractivity contribution is -0.385. The molecule has 4 rings (SSSR count). The molecule has 1 fully saturated rings. The number of benzene rings is 3. The number of Topliss-reactive ketones (excluding diaryl/α,β-unsaturated/α-hetero) is 1. The first kappa shape index (κ1) is 25.4. The lowest BCUT2D eigenvalue weighted by atomic mass is 9.94. The van der Waals surface area contributed by atoms with Gasteiger partial charge >= 0.3 is 0 Å². The molecule has 0 saturated carbocycles. The number of ether oxygens (including phenoxy) is 2. The molecule has 0 aromatic heterocycles. The average Bonchev–Trinajstić information content (AvgIpc) is 3.16. The van der Waals surface area contributed by atoms with Crippen LogP contribution in [0.1, 0.15) is 28.3 Å². The highest BCUT2D eigenvalue weighted by molar-refractivity contribution is 6.46. The Morgan fingerprint density at radius 1 is 1.00 bits per heavy atom. The molecule has 1 aliphatic rings. The molecule has 9 heteroatoms. The first-order chi connectivity index (χ1) is 17.8. The minimum absolute atomic E-state index is 0.0709. The number of aliphatic hydroxyl groups is 1. The third kappa shape index (κ3) is 4.88. The summed E-state index contributed by atoms with van der Waals surface area (Å²) in [5.74, 6) is -1.05. The SMILES string of the molecule is COc1ccc(CCN2C(=O)C(=O)/C(=C(\O)c3ccc(C)cc3)C2c2ccccc2[N+](=O)[O-])cc1OC. The molecule has 1 heterocycles. The molecular formula is C28H26N2O7. The summed E-state index contributed by atoms with van der Waals surface area (Å²) < 4.78 is 10.6. The molecule has 190 valence electrons. The number of nitro groups is 1. The van der Waals surface area contributed by atoms with E-state index in [1.165, 1.54) is 37.3 Å². The van der Waals surface area contributed by atoms with Gasteiger partial charge in [0.25, 0.3) is 17.4 Å². The minimum Gasteiger partial charge on any atom is -0.507 e. The van der Waals surface area contributed by atoms with E-state index in [1.807, 2.05) is 13.0 Å². The molecule has 1 unspecified atom stereocenters. The summed E-state index contributed by atoms with van der Waals surface area (Å²) in [5, 5.41) is 23.0. The number of aryl methyl sites for hydroxylation is 1. The second kappa shape index (κ2) is 10.5. The van der Waals surface area contributed by atoms with Crippen LogP contribution in [-0.4, -0.2) is 47.4 Å². The fourth-order valence-electron chi connectivity index (χ4n) is 4.47. The Balaban J connectivity index is 1.80. The zero-order valence-corrected chi connectivity index (χ0v) is 20.6. The highest BCUT2D eigenvalue weighted by Gasteiger charge is 2.47. The fraction of sp³-hybridized carbons (Fsp3) is 0.214. The second-order valence-electron chi connectivity index (χ2n) is 8.61. The maximum Gasteiger partial charge on any atom is 0.295 e. The van der Waals surface area contributed by atoms with Gasteiger partial charge in [-0.05, 0) is 37.1 Å². The van der Waals surface area contributed by atoms with Crippen LogP contribution < -0.4 is 9.47 Å². The Labute approximate surface area is 213 Å². The zero-order valence-electron chi connectivity index (χ0n) is 20.6. The molecule has 0 aliphatic carbocycles. The van der Waals surface area contributed by atoms with Gasteiger partial charge in [-0.2, -0.15) is 0 Å². The predicted octanol–water partition coefficient (Wildman–Crippen LogP) is 4.58. The number of hydrogen-bond acceptors (Lipinski definition) is 7. The first-order valence-electron chi connectivity index (χ1n) is 11.6. The van der Waals surface area contributed by atoms with E-state index in [2.05, 4.69) is 0 Å². The number of aliphatic hydroxyl groups excluding tert-OH is 1. The van der Waals surface area contributed by atoms with E-state index in [-0.39, 0.29) is 29.1 Å². The molecule has 1 amide bonds. The minimum atomic E-state index is -1.14. The number of hydrogen-bond donors (Lipinski definition) is 1. The molecule has 3 aromatic carbocycles. The van der Waals surface area contributed by atoms with Crippen molar-refractivity contribution in [3.63, 3.8) is 0 Å². The van der Waals surface area contributed by atoms with E-state index in [1.54, 1.807) is 42.5 Å². The summed E-state index contributed by atoms with van der Waals surface area (Å²) in [4.78, 5) is 39.0. The van der Waals surface area contributed by atoms with Crippen molar-refractivity contribution in [3.05, 3.63) is 105 Å². The summed E-state index contributed by atoms with van der Waals surface area (Å²) in [6.45, 7) is 1.95. The Morgan fingerprint density at radius 2 is 1.68 bits per heavy atom. The fourth-order valence-corrected chi connectivity index (χ4v) is 4.47. The van der Waals surface area contributed by atoms with Gasteiger partial charge in [-0.3, -0.25) is 19.7 Å². The summed E-state index contributed by atoms with van der Waals surface area (Å²) in [6, 6.07) is 16.9. The highest BCUT2D eigenvalue weighted by atomic mass is 16.6. The molecule has 0 bridgehead atoms. The van der Waals surface area contributed by atoms with Crippen molar-refractivity contribution >= 4 is 23.1 Å². The first-order valence-corrected chi connectivity index (χ1v) is 11.6. The van der Waals surface area contributed by atoms with Gasteiger partial charge in [0.15, 0.2) is 11.5 Å². The predicted molar refractivity (Wildman–Crippen MR) is 137 cm³/mol. The normalized spacial score (nSPS) is 16.6. The summed E-state index contributed by atoms with van der Waals surface area (Å²) in [6.07, 6.45) is 0.328. The summed E-state index contributed by atoms with van der Waals surface area (Å²) >= 11 is 0. The number of carbonyl (C=O) groups is 2. The molecule has 0 spiro atoms. The number of carbonyl (C=O) groups excluding carboxylic acids is 2. The molecule has 37 heavy (non-hydrogen) atoms. The highest BCUT2D eigenvalue weighted by Crippen LogP contribution is 2.42. The Hall–Kier alpha value is -4.66. The van der Waals surface area contributed by atoms with Crippen LogP contribution in [0.4, 0.5) is 5.69 Å². The van der Waals surface area contributed by atoms with Crippen molar-refractivity contribution in [2.75, 3.05) is 20.8 Å². The smallest absolute Gasteiger partial charge is 0.295 e. The van der Waals surface area contributed by atoms with E-state index >= 15 is 0 Å². The van der Waals surface area contributed by atoms with E-state index < -0.39 is 22.7 Å².